The number of carbonyl (C=O) groups is 2. The number of nitrogens with zero attached hydrogens (tertiary/aromatic N) is 1. The first-order valence-corrected chi connectivity index (χ1v) is 8.66. The second-order valence-electron chi connectivity index (χ2n) is 6.96. The van der Waals surface area contributed by atoms with Gasteiger partial charge in [0.15, 0.2) is 17.3 Å². The molecule has 0 heterocycles. The Labute approximate surface area is 162 Å². The first kappa shape index (κ1) is 23.7. The van der Waals surface area contributed by atoms with Crippen LogP contribution in [-0.2, 0) is 16.0 Å². The van der Waals surface area contributed by atoms with Crippen molar-refractivity contribution in [3.05, 3.63) is 23.8 Å². The summed E-state index contributed by atoms with van der Waals surface area (Å²) in [6.07, 6.45) is -2.09. The molecule has 0 amide bonds. The number of hydrogen-bond donors (Lipinski definition) is 1. The van der Waals surface area contributed by atoms with E-state index in [1.165, 1.54) is 5.56 Å². The van der Waals surface area contributed by atoms with E-state index in [4.69, 9.17) is 19.4 Å². The monoisotopic (exact) mass is 405 g/mol. The molecular weight excluding hydrogens is 379 g/mol. The smallest absolute Gasteiger partial charge is 0.490 e. The van der Waals surface area contributed by atoms with Crippen LogP contribution in [0.3, 0.4) is 0 Å². The van der Waals surface area contributed by atoms with E-state index in [0.717, 1.165) is 37.3 Å². The number of methoxy groups -OCH3 is 2. The molecule has 1 fully saturated rings. The van der Waals surface area contributed by atoms with Crippen LogP contribution in [0.15, 0.2) is 18.2 Å². The summed E-state index contributed by atoms with van der Waals surface area (Å²) in [6.45, 7) is 3.47. The molecule has 0 unspecified atom stereocenters. The summed E-state index contributed by atoms with van der Waals surface area (Å²) in [5, 5.41) is 7.12. The number of benzene rings is 1. The zero-order chi connectivity index (χ0) is 21.5. The van der Waals surface area contributed by atoms with Gasteiger partial charge in [0.1, 0.15) is 0 Å². The van der Waals surface area contributed by atoms with Crippen LogP contribution in [0.5, 0.6) is 11.5 Å². The van der Waals surface area contributed by atoms with Crippen molar-refractivity contribution in [3.8, 4) is 11.5 Å². The number of aliphatic carboxylic acids is 1. The van der Waals surface area contributed by atoms with Gasteiger partial charge < -0.3 is 14.6 Å². The van der Waals surface area contributed by atoms with E-state index in [0.29, 0.717) is 12.3 Å². The van der Waals surface area contributed by atoms with Crippen molar-refractivity contribution in [2.24, 2.45) is 5.41 Å². The van der Waals surface area contributed by atoms with Crippen LogP contribution in [0.4, 0.5) is 13.2 Å². The Morgan fingerprint density at radius 2 is 1.71 bits per heavy atom. The lowest BCUT2D eigenvalue weighted by atomic mass is 10.0. The van der Waals surface area contributed by atoms with Gasteiger partial charge in [-0.05, 0) is 44.0 Å². The minimum Gasteiger partial charge on any atom is -0.493 e. The molecule has 1 aliphatic rings. The molecular formula is C19H26F3NO5. The van der Waals surface area contributed by atoms with Crippen LogP contribution in [0.1, 0.15) is 25.3 Å². The van der Waals surface area contributed by atoms with Gasteiger partial charge in [-0.25, -0.2) is 4.79 Å². The Hall–Kier alpha value is -2.29. The Morgan fingerprint density at radius 3 is 2.14 bits per heavy atom. The normalized spacial score (nSPS) is 14.7. The van der Waals surface area contributed by atoms with Crippen molar-refractivity contribution >= 4 is 11.8 Å². The highest BCUT2D eigenvalue weighted by Gasteiger charge is 2.44. The van der Waals surface area contributed by atoms with Gasteiger partial charge in [-0.1, -0.05) is 13.0 Å². The maximum Gasteiger partial charge on any atom is 0.490 e. The van der Waals surface area contributed by atoms with Crippen molar-refractivity contribution in [1.82, 2.24) is 4.90 Å². The fourth-order valence-electron chi connectivity index (χ4n) is 2.34. The average molecular weight is 405 g/mol. The highest BCUT2D eigenvalue weighted by Crippen LogP contribution is 2.45. The third-order valence-corrected chi connectivity index (χ3v) is 4.56. The van der Waals surface area contributed by atoms with Gasteiger partial charge in [0.2, 0.25) is 0 Å². The molecule has 0 aromatic heterocycles. The molecule has 1 aliphatic carbocycles. The quantitative estimate of drug-likeness (QED) is 0.716. The second kappa shape index (κ2) is 9.77. The molecule has 1 aromatic rings. The molecule has 1 N–H and O–H groups in total. The van der Waals surface area contributed by atoms with Crippen molar-refractivity contribution in [2.45, 2.75) is 32.4 Å². The van der Waals surface area contributed by atoms with Crippen LogP contribution in [0.2, 0.25) is 0 Å². The zero-order valence-corrected chi connectivity index (χ0v) is 16.4. The molecule has 1 aromatic carbocycles. The summed E-state index contributed by atoms with van der Waals surface area (Å²) in [4.78, 5) is 23.1. The van der Waals surface area contributed by atoms with Gasteiger partial charge in [-0.2, -0.15) is 13.2 Å². The van der Waals surface area contributed by atoms with E-state index in [-0.39, 0.29) is 5.41 Å². The van der Waals surface area contributed by atoms with Crippen LogP contribution >= 0.6 is 0 Å². The maximum absolute atomic E-state index is 12.1. The van der Waals surface area contributed by atoms with Crippen LogP contribution < -0.4 is 9.47 Å². The number of alkyl halides is 3. The summed E-state index contributed by atoms with van der Waals surface area (Å²) in [5.74, 6) is -0.893. The Kier molecular flexibility index (Phi) is 8.29. The first-order chi connectivity index (χ1) is 12.9. The number of ether oxygens (including phenoxy) is 2. The summed E-state index contributed by atoms with van der Waals surface area (Å²) >= 11 is 0. The average Bonchev–Trinajstić information content (AvgIpc) is 3.38. The molecule has 0 aliphatic heterocycles. The summed E-state index contributed by atoms with van der Waals surface area (Å²) in [7, 11) is 5.28. The number of ketones is 1. The van der Waals surface area contributed by atoms with Crippen molar-refractivity contribution < 1.29 is 37.3 Å². The highest BCUT2D eigenvalue weighted by molar-refractivity contribution is 5.88. The Morgan fingerprint density at radius 1 is 1.18 bits per heavy atom. The van der Waals surface area contributed by atoms with Crippen molar-refractivity contribution in [2.75, 3.05) is 34.4 Å². The summed E-state index contributed by atoms with van der Waals surface area (Å²) in [5.41, 5.74) is 1.15. The molecule has 0 radical (unpaired) electrons. The fourth-order valence-corrected chi connectivity index (χ4v) is 2.34. The minimum atomic E-state index is -5.08. The Bertz CT molecular complexity index is 687. The number of carboxylic acids is 1. The first-order valence-electron chi connectivity index (χ1n) is 8.66. The lowest BCUT2D eigenvalue weighted by Crippen LogP contribution is -2.31. The minimum absolute atomic E-state index is 0.0302. The lowest BCUT2D eigenvalue weighted by Gasteiger charge is -2.18. The van der Waals surface area contributed by atoms with Gasteiger partial charge in [0.25, 0.3) is 0 Å². The molecule has 1 saturated carbocycles. The highest BCUT2D eigenvalue weighted by atomic mass is 19.4. The van der Waals surface area contributed by atoms with Gasteiger partial charge >= 0.3 is 12.1 Å². The third-order valence-electron chi connectivity index (χ3n) is 4.56. The predicted molar refractivity (Wildman–Crippen MR) is 96.8 cm³/mol. The van der Waals surface area contributed by atoms with E-state index in [1.54, 1.807) is 14.2 Å². The molecule has 0 bridgehead atoms. The topological polar surface area (TPSA) is 76.1 Å². The third kappa shape index (κ3) is 7.38. The number of halogens is 3. The maximum atomic E-state index is 12.1. The lowest BCUT2D eigenvalue weighted by molar-refractivity contribution is -0.192. The van der Waals surface area contributed by atoms with Crippen molar-refractivity contribution in [1.29, 1.82) is 0 Å². The van der Waals surface area contributed by atoms with E-state index in [1.807, 2.05) is 25.2 Å². The number of carboxylic acid groups (broad SMARTS) is 1. The van der Waals surface area contributed by atoms with Gasteiger partial charge in [0.05, 0.1) is 20.8 Å². The predicted octanol–water partition coefficient (Wildman–Crippen LogP) is 3.18. The zero-order valence-electron chi connectivity index (χ0n) is 16.4. The molecule has 0 spiro atoms. The van der Waals surface area contributed by atoms with Crippen molar-refractivity contribution in [3.63, 3.8) is 0 Å². The van der Waals surface area contributed by atoms with Gasteiger partial charge in [0, 0.05) is 12.0 Å². The fraction of sp³-hybridized carbons (Fsp3) is 0.579. The number of likely N-dealkylation sites (N-methyl/N-ethyl adjacent to an activating group) is 1. The molecule has 0 atom stereocenters. The van der Waals surface area contributed by atoms with E-state index in [9.17, 15) is 18.0 Å². The van der Waals surface area contributed by atoms with E-state index in [2.05, 4.69) is 11.8 Å². The Balaban J connectivity index is 0.000000480. The SMILES string of the molecule is COc1ccc(CCN(C)CC(=O)C2(C)CC2)cc1OC.O=C(O)C(F)(F)F. The summed E-state index contributed by atoms with van der Waals surface area (Å²) in [6, 6.07) is 5.96. The van der Waals surface area contributed by atoms with Crippen LogP contribution in [-0.4, -0.2) is 62.3 Å². The van der Waals surface area contributed by atoms with Crippen LogP contribution in [0.25, 0.3) is 0 Å². The van der Waals surface area contributed by atoms with Crippen LogP contribution in [0, 0.1) is 5.41 Å². The molecule has 6 nitrogen and oxygen atoms in total. The van der Waals surface area contributed by atoms with Gasteiger partial charge in [-0.15, -0.1) is 0 Å². The largest absolute Gasteiger partial charge is 0.493 e. The molecule has 28 heavy (non-hydrogen) atoms. The van der Waals surface area contributed by atoms with E-state index < -0.39 is 12.1 Å². The molecule has 9 heteroatoms. The number of hydrogen-bond acceptors (Lipinski definition) is 5. The second-order valence-corrected chi connectivity index (χ2v) is 6.96. The molecule has 2 rings (SSSR count). The summed E-state index contributed by atoms with van der Waals surface area (Å²) < 4.78 is 42.3. The van der Waals surface area contributed by atoms with E-state index >= 15 is 0 Å². The van der Waals surface area contributed by atoms with Gasteiger partial charge in [-0.3, -0.25) is 9.69 Å². The number of carbonyl (C=O) groups excluding carboxylic acids is 1. The standard InChI is InChI=1S/C17H25NO3.C2HF3O2/c1-17(8-9-17)16(19)12-18(2)10-7-13-5-6-14(20-3)15(11-13)21-4;3-2(4,5)1(6)7/h5-6,11H,7-10,12H2,1-4H3;(H,6,7). The molecule has 158 valence electrons. The number of rotatable bonds is 8. The number of Topliss-reactive ketones (excluding diaryl/α,β-unsaturated/α-hetero) is 1. The molecule has 0 saturated heterocycles.